The van der Waals surface area contributed by atoms with Gasteiger partial charge in [0.1, 0.15) is 5.75 Å². The molecule has 1 rings (SSSR count). The van der Waals surface area contributed by atoms with Crippen molar-refractivity contribution < 1.29 is 9.53 Å². The minimum Gasteiger partial charge on any atom is -0.496 e. The number of nitrogens with zero attached hydrogens (tertiary/aromatic N) is 1. The Hall–Kier alpha value is -1.16. The summed E-state index contributed by atoms with van der Waals surface area (Å²) in [5, 5.41) is -0.250. The van der Waals surface area contributed by atoms with E-state index in [9.17, 15) is 4.79 Å². The topological polar surface area (TPSA) is 29.5 Å². The van der Waals surface area contributed by atoms with Crippen LogP contribution in [0.5, 0.6) is 5.75 Å². The molecule has 2 unspecified atom stereocenters. The number of hydrogen-bond donors (Lipinski definition) is 1. The van der Waals surface area contributed by atoms with Crippen molar-refractivity contribution in [2.45, 2.75) is 38.5 Å². The maximum Gasteiger partial charge on any atom is 0.235 e. The average Bonchev–Trinajstić information content (AvgIpc) is 2.45. The summed E-state index contributed by atoms with van der Waals surface area (Å²) in [5.41, 5.74) is 1.11. The molecule has 0 aliphatic rings. The molecule has 1 aromatic rings. The summed E-state index contributed by atoms with van der Waals surface area (Å²) < 4.78 is 5.35. The Morgan fingerprint density at radius 2 is 1.90 bits per heavy atom. The number of thiol groups is 1. The van der Waals surface area contributed by atoms with Gasteiger partial charge < -0.3 is 9.64 Å². The first kappa shape index (κ1) is 16.9. The largest absolute Gasteiger partial charge is 0.496 e. The third-order valence-corrected chi connectivity index (χ3v) is 4.42. The highest BCUT2D eigenvalue weighted by molar-refractivity contribution is 7.81. The minimum absolute atomic E-state index is 0.0748. The van der Waals surface area contributed by atoms with Gasteiger partial charge in [-0.1, -0.05) is 32.0 Å². The molecular weight excluding hydrogens is 270 g/mol. The van der Waals surface area contributed by atoms with Crippen LogP contribution >= 0.6 is 12.6 Å². The van der Waals surface area contributed by atoms with Crippen molar-refractivity contribution in [1.29, 1.82) is 0 Å². The number of carbonyl (C=O) groups excluding carboxylic acids is 1. The number of methoxy groups -OCH3 is 1. The van der Waals surface area contributed by atoms with E-state index in [1.165, 1.54) is 0 Å². The molecule has 0 aromatic heterocycles. The number of hydrogen-bond acceptors (Lipinski definition) is 3. The maximum atomic E-state index is 12.3. The molecule has 0 fully saturated rings. The molecule has 0 saturated carbocycles. The molecule has 3 nitrogen and oxygen atoms in total. The van der Waals surface area contributed by atoms with Gasteiger partial charge in [0, 0.05) is 13.1 Å². The quantitative estimate of drug-likeness (QED) is 0.818. The predicted molar refractivity (Wildman–Crippen MR) is 86.5 cm³/mol. The van der Waals surface area contributed by atoms with Gasteiger partial charge in [0.25, 0.3) is 0 Å². The molecule has 0 spiro atoms. The fourth-order valence-electron chi connectivity index (χ4n) is 2.04. The zero-order chi connectivity index (χ0) is 15.3. The lowest BCUT2D eigenvalue weighted by Crippen LogP contribution is -2.42. The van der Waals surface area contributed by atoms with Crippen molar-refractivity contribution in [3.8, 4) is 5.75 Å². The number of rotatable bonds is 6. The van der Waals surface area contributed by atoms with Gasteiger partial charge in [0.15, 0.2) is 0 Å². The fraction of sp³-hybridized carbons (Fsp3) is 0.562. The van der Waals surface area contributed by atoms with E-state index in [2.05, 4.69) is 12.6 Å². The van der Waals surface area contributed by atoms with Gasteiger partial charge in [-0.2, -0.15) is 12.6 Å². The number of ether oxygens (including phenoxy) is 1. The van der Waals surface area contributed by atoms with Gasteiger partial charge in [-0.05, 0) is 30.9 Å². The third-order valence-electron chi connectivity index (χ3n) is 3.60. The molecule has 4 heteroatoms. The summed E-state index contributed by atoms with van der Waals surface area (Å²) >= 11 is 4.40. The van der Waals surface area contributed by atoms with E-state index in [0.717, 1.165) is 17.7 Å². The van der Waals surface area contributed by atoms with Crippen LogP contribution in [0.2, 0.25) is 0 Å². The van der Waals surface area contributed by atoms with E-state index in [-0.39, 0.29) is 23.1 Å². The molecule has 0 radical (unpaired) electrons. The van der Waals surface area contributed by atoms with Gasteiger partial charge in [-0.25, -0.2) is 0 Å². The Morgan fingerprint density at radius 1 is 1.30 bits per heavy atom. The molecule has 0 aliphatic heterocycles. The molecule has 20 heavy (non-hydrogen) atoms. The van der Waals surface area contributed by atoms with Crippen LogP contribution in [-0.4, -0.2) is 36.3 Å². The summed E-state index contributed by atoms with van der Waals surface area (Å²) in [6, 6.07) is 8.02. The van der Waals surface area contributed by atoms with Gasteiger partial charge in [-0.3, -0.25) is 4.79 Å². The molecule has 112 valence electrons. The van der Waals surface area contributed by atoms with Gasteiger partial charge in [0.2, 0.25) is 5.91 Å². The molecule has 2 atom stereocenters. The number of carbonyl (C=O) groups is 1. The van der Waals surface area contributed by atoms with Crippen molar-refractivity contribution in [3.63, 3.8) is 0 Å². The van der Waals surface area contributed by atoms with Crippen LogP contribution < -0.4 is 4.74 Å². The monoisotopic (exact) mass is 295 g/mol. The van der Waals surface area contributed by atoms with Crippen molar-refractivity contribution >= 4 is 18.5 Å². The highest BCUT2D eigenvalue weighted by atomic mass is 32.1. The standard InChI is InChI=1S/C16H25NO2S/c1-11(2)15(20)16(18)17(4)12(3)10-13-8-6-7-9-14(13)19-5/h6-9,11-12,15,20H,10H2,1-5H3. The summed E-state index contributed by atoms with van der Waals surface area (Å²) in [4.78, 5) is 14.1. The number of likely N-dealkylation sites (N-methyl/N-ethyl adjacent to an activating group) is 1. The van der Waals surface area contributed by atoms with Crippen molar-refractivity contribution in [2.75, 3.05) is 14.2 Å². The van der Waals surface area contributed by atoms with Crippen LogP contribution in [-0.2, 0) is 11.2 Å². The lowest BCUT2D eigenvalue weighted by atomic mass is 10.0. The minimum atomic E-state index is -0.250. The second-order valence-corrected chi connectivity index (χ2v) is 6.06. The zero-order valence-electron chi connectivity index (χ0n) is 13.0. The second kappa shape index (κ2) is 7.58. The molecule has 0 aliphatic carbocycles. The smallest absolute Gasteiger partial charge is 0.235 e. The van der Waals surface area contributed by atoms with Crippen LogP contribution in [0, 0.1) is 5.92 Å². The molecule has 0 N–H and O–H groups in total. The zero-order valence-corrected chi connectivity index (χ0v) is 13.9. The van der Waals surface area contributed by atoms with E-state index in [1.807, 2.05) is 52.1 Å². The highest BCUT2D eigenvalue weighted by Gasteiger charge is 2.25. The van der Waals surface area contributed by atoms with Crippen LogP contribution in [0.1, 0.15) is 26.3 Å². The third kappa shape index (κ3) is 4.17. The first-order valence-electron chi connectivity index (χ1n) is 6.95. The summed E-state index contributed by atoms with van der Waals surface area (Å²) in [6.45, 7) is 6.06. The van der Waals surface area contributed by atoms with Crippen molar-refractivity contribution in [3.05, 3.63) is 29.8 Å². The molecule has 0 heterocycles. The SMILES string of the molecule is COc1ccccc1CC(C)N(C)C(=O)C(S)C(C)C. The molecule has 1 amide bonds. The summed E-state index contributed by atoms with van der Waals surface area (Å²) in [7, 11) is 3.51. The number of benzene rings is 1. The van der Waals surface area contributed by atoms with Crippen LogP contribution in [0.15, 0.2) is 24.3 Å². The molecular formula is C16H25NO2S. The molecule has 0 saturated heterocycles. The van der Waals surface area contributed by atoms with Crippen LogP contribution in [0.3, 0.4) is 0 Å². The van der Waals surface area contributed by atoms with E-state index in [0.29, 0.717) is 0 Å². The average molecular weight is 295 g/mol. The lowest BCUT2D eigenvalue weighted by Gasteiger charge is -2.29. The molecule has 1 aromatic carbocycles. The predicted octanol–water partition coefficient (Wildman–Crippen LogP) is 3.04. The van der Waals surface area contributed by atoms with Crippen LogP contribution in [0.4, 0.5) is 0 Å². The summed E-state index contributed by atoms with van der Waals surface area (Å²) in [5.74, 6) is 1.17. The summed E-state index contributed by atoms with van der Waals surface area (Å²) in [6.07, 6.45) is 0.769. The first-order valence-corrected chi connectivity index (χ1v) is 7.46. The highest BCUT2D eigenvalue weighted by Crippen LogP contribution is 2.21. The van der Waals surface area contributed by atoms with E-state index in [1.54, 1.807) is 12.0 Å². The van der Waals surface area contributed by atoms with E-state index in [4.69, 9.17) is 4.74 Å². The Bertz CT molecular complexity index is 448. The number of para-hydroxylation sites is 1. The van der Waals surface area contributed by atoms with Gasteiger partial charge >= 0.3 is 0 Å². The Balaban J connectivity index is 2.75. The Labute approximate surface area is 127 Å². The van der Waals surface area contributed by atoms with Crippen LogP contribution in [0.25, 0.3) is 0 Å². The van der Waals surface area contributed by atoms with Crippen molar-refractivity contribution in [2.24, 2.45) is 5.92 Å². The first-order chi connectivity index (χ1) is 9.38. The van der Waals surface area contributed by atoms with E-state index < -0.39 is 0 Å². The number of amides is 1. The lowest BCUT2D eigenvalue weighted by molar-refractivity contribution is -0.131. The normalized spacial score (nSPS) is 13.9. The molecule has 0 bridgehead atoms. The second-order valence-electron chi connectivity index (χ2n) is 5.50. The van der Waals surface area contributed by atoms with E-state index >= 15 is 0 Å². The Kier molecular flexibility index (Phi) is 6.40. The fourth-order valence-corrected chi connectivity index (χ4v) is 2.22. The van der Waals surface area contributed by atoms with Gasteiger partial charge in [-0.15, -0.1) is 0 Å². The Morgan fingerprint density at radius 3 is 2.45 bits per heavy atom. The van der Waals surface area contributed by atoms with Crippen molar-refractivity contribution in [1.82, 2.24) is 4.90 Å². The van der Waals surface area contributed by atoms with Gasteiger partial charge in [0.05, 0.1) is 12.4 Å². The maximum absolute atomic E-state index is 12.3.